The predicted molar refractivity (Wildman–Crippen MR) is 71.6 cm³/mol. The SMILES string of the molecule is C=CCOC(=O)C12CC3SC(C1)SC(C2)S3. The van der Waals surface area contributed by atoms with Crippen molar-refractivity contribution >= 4 is 41.3 Å². The summed E-state index contributed by atoms with van der Waals surface area (Å²) in [5.41, 5.74) is -0.162. The summed E-state index contributed by atoms with van der Waals surface area (Å²) in [6, 6.07) is 0. The minimum Gasteiger partial charge on any atom is -0.461 e. The van der Waals surface area contributed by atoms with E-state index in [2.05, 4.69) is 6.58 Å². The van der Waals surface area contributed by atoms with Gasteiger partial charge in [0.2, 0.25) is 0 Å². The van der Waals surface area contributed by atoms with Gasteiger partial charge in [0.05, 0.1) is 19.2 Å². The quantitative estimate of drug-likeness (QED) is 0.582. The maximum absolute atomic E-state index is 12.2. The molecule has 4 aliphatic heterocycles. The molecule has 0 spiro atoms. The van der Waals surface area contributed by atoms with Crippen LogP contribution in [0.1, 0.15) is 19.3 Å². The first-order chi connectivity index (χ1) is 7.72. The minimum atomic E-state index is -0.162. The molecule has 4 saturated heterocycles. The molecule has 0 radical (unpaired) electrons. The fourth-order valence-corrected chi connectivity index (χ4v) is 9.96. The Labute approximate surface area is 108 Å². The van der Waals surface area contributed by atoms with Gasteiger partial charge in [0.1, 0.15) is 6.61 Å². The van der Waals surface area contributed by atoms with Gasteiger partial charge >= 0.3 is 5.97 Å². The monoisotopic (exact) mass is 274 g/mol. The summed E-state index contributed by atoms with van der Waals surface area (Å²) in [6.45, 7) is 3.94. The number of carbonyl (C=O) groups excluding carboxylic acids is 1. The largest absolute Gasteiger partial charge is 0.461 e. The number of hydrogen-bond acceptors (Lipinski definition) is 5. The zero-order chi connectivity index (χ0) is 11.2. The summed E-state index contributed by atoms with van der Waals surface area (Å²) in [5, 5.41) is 0. The third kappa shape index (κ3) is 1.81. The van der Waals surface area contributed by atoms with E-state index in [4.69, 9.17) is 4.74 Å². The summed E-state index contributed by atoms with van der Waals surface area (Å²) < 4.78 is 7.15. The molecule has 4 rings (SSSR count). The van der Waals surface area contributed by atoms with E-state index in [0.29, 0.717) is 20.4 Å². The number of ether oxygens (including phenoxy) is 1. The number of carbonyl (C=O) groups is 1. The molecule has 0 aromatic rings. The maximum atomic E-state index is 12.2. The molecule has 4 bridgehead atoms. The Kier molecular flexibility index (Phi) is 2.96. The average Bonchev–Trinajstić information content (AvgIpc) is 2.24. The smallest absolute Gasteiger partial charge is 0.312 e. The molecule has 16 heavy (non-hydrogen) atoms. The predicted octanol–water partition coefficient (Wildman–Crippen LogP) is 3.09. The van der Waals surface area contributed by atoms with E-state index in [9.17, 15) is 4.79 Å². The number of rotatable bonds is 3. The molecule has 0 aromatic carbocycles. The van der Waals surface area contributed by atoms with Crippen LogP contribution in [-0.4, -0.2) is 26.3 Å². The van der Waals surface area contributed by atoms with Crippen LogP contribution in [0.3, 0.4) is 0 Å². The molecule has 4 aliphatic rings. The molecule has 0 saturated carbocycles. The van der Waals surface area contributed by atoms with E-state index in [1.54, 1.807) is 6.08 Å². The van der Waals surface area contributed by atoms with Gasteiger partial charge in [0.15, 0.2) is 0 Å². The molecule has 0 amide bonds. The summed E-state index contributed by atoms with van der Waals surface area (Å²) in [4.78, 5) is 12.2. The highest BCUT2D eigenvalue weighted by molar-refractivity contribution is 8.33. The zero-order valence-corrected chi connectivity index (χ0v) is 11.3. The van der Waals surface area contributed by atoms with Crippen molar-refractivity contribution in [3.05, 3.63) is 12.7 Å². The summed E-state index contributed by atoms with van der Waals surface area (Å²) >= 11 is 6.14. The lowest BCUT2D eigenvalue weighted by molar-refractivity contribution is -0.156. The fourth-order valence-electron chi connectivity index (χ4n) is 2.64. The van der Waals surface area contributed by atoms with Crippen molar-refractivity contribution in [2.45, 2.75) is 33.0 Å². The average molecular weight is 274 g/mol. The Morgan fingerprint density at radius 3 is 2.19 bits per heavy atom. The van der Waals surface area contributed by atoms with E-state index in [0.717, 1.165) is 19.3 Å². The lowest BCUT2D eigenvalue weighted by atomic mass is 9.78. The third-order valence-corrected chi connectivity index (χ3v) is 8.17. The molecule has 0 aromatic heterocycles. The molecule has 0 N–H and O–H groups in total. The second-order valence-electron chi connectivity index (χ2n) is 4.48. The Morgan fingerprint density at radius 2 is 1.75 bits per heavy atom. The van der Waals surface area contributed by atoms with Crippen molar-refractivity contribution in [3.63, 3.8) is 0 Å². The maximum Gasteiger partial charge on any atom is 0.312 e. The van der Waals surface area contributed by atoms with Crippen LogP contribution in [-0.2, 0) is 9.53 Å². The molecule has 0 unspecified atom stereocenters. The van der Waals surface area contributed by atoms with Crippen molar-refractivity contribution in [1.29, 1.82) is 0 Å². The first-order valence-electron chi connectivity index (χ1n) is 5.46. The van der Waals surface area contributed by atoms with Crippen LogP contribution in [0.4, 0.5) is 0 Å². The van der Waals surface area contributed by atoms with Crippen molar-refractivity contribution in [2.24, 2.45) is 5.41 Å². The van der Waals surface area contributed by atoms with E-state index in [-0.39, 0.29) is 11.4 Å². The van der Waals surface area contributed by atoms with Gasteiger partial charge in [0, 0.05) is 0 Å². The van der Waals surface area contributed by atoms with E-state index >= 15 is 0 Å². The van der Waals surface area contributed by atoms with Gasteiger partial charge in [-0.1, -0.05) is 12.7 Å². The van der Waals surface area contributed by atoms with Crippen LogP contribution in [0.15, 0.2) is 12.7 Å². The van der Waals surface area contributed by atoms with Gasteiger partial charge in [-0.3, -0.25) is 4.79 Å². The number of thioether (sulfide) groups is 3. The molecule has 0 atom stereocenters. The van der Waals surface area contributed by atoms with Crippen LogP contribution in [0.5, 0.6) is 0 Å². The van der Waals surface area contributed by atoms with Crippen LogP contribution < -0.4 is 0 Å². The van der Waals surface area contributed by atoms with Crippen molar-refractivity contribution in [1.82, 2.24) is 0 Å². The van der Waals surface area contributed by atoms with E-state index in [1.165, 1.54) is 0 Å². The van der Waals surface area contributed by atoms with Gasteiger partial charge in [-0.15, -0.1) is 35.3 Å². The number of esters is 1. The molecule has 4 fully saturated rings. The first kappa shape index (κ1) is 11.4. The highest BCUT2D eigenvalue weighted by Gasteiger charge is 2.57. The van der Waals surface area contributed by atoms with Gasteiger partial charge in [-0.25, -0.2) is 0 Å². The standard InChI is InChI=1S/C11H14O2S3/c1-2-3-13-10(12)11-4-7-14-8(5-11)16-9(6-11)15-7/h2,7-9H,1,3-6H2. The Balaban J connectivity index is 1.77. The van der Waals surface area contributed by atoms with Gasteiger partial charge in [-0.05, 0) is 19.3 Å². The summed E-state index contributed by atoms with van der Waals surface area (Å²) in [7, 11) is 0. The van der Waals surface area contributed by atoms with E-state index in [1.807, 2.05) is 35.3 Å². The minimum absolute atomic E-state index is 0.0216. The lowest BCUT2D eigenvalue weighted by Gasteiger charge is -2.53. The summed E-state index contributed by atoms with van der Waals surface area (Å²) in [6.07, 6.45) is 4.67. The first-order valence-corrected chi connectivity index (χ1v) is 8.29. The van der Waals surface area contributed by atoms with Crippen LogP contribution in [0, 0.1) is 5.41 Å². The normalized spacial score (nSPS) is 44.4. The summed E-state index contributed by atoms with van der Waals surface area (Å²) in [5.74, 6) is 0.0216. The highest BCUT2D eigenvalue weighted by Crippen LogP contribution is 2.66. The topological polar surface area (TPSA) is 26.3 Å². The van der Waals surface area contributed by atoms with Gasteiger partial charge in [-0.2, -0.15) is 0 Å². The second kappa shape index (κ2) is 4.18. The van der Waals surface area contributed by atoms with Crippen molar-refractivity contribution in [3.8, 4) is 0 Å². The number of hydrogen-bond donors (Lipinski definition) is 0. The van der Waals surface area contributed by atoms with Crippen molar-refractivity contribution < 1.29 is 9.53 Å². The Hall–Kier alpha value is 0.260. The molecule has 2 nitrogen and oxygen atoms in total. The van der Waals surface area contributed by atoms with Crippen LogP contribution in [0.25, 0.3) is 0 Å². The Bertz CT molecular complexity index is 294. The van der Waals surface area contributed by atoms with Crippen LogP contribution >= 0.6 is 35.3 Å². The van der Waals surface area contributed by atoms with Crippen molar-refractivity contribution in [2.75, 3.05) is 6.61 Å². The molecule has 5 heteroatoms. The fraction of sp³-hybridized carbons (Fsp3) is 0.727. The molecule has 0 aliphatic carbocycles. The third-order valence-electron chi connectivity index (χ3n) is 3.35. The van der Waals surface area contributed by atoms with Gasteiger partial charge < -0.3 is 4.74 Å². The molecular formula is C11H14O2S3. The molecule has 88 valence electrons. The molecular weight excluding hydrogens is 260 g/mol. The lowest BCUT2D eigenvalue weighted by Crippen LogP contribution is -2.49. The van der Waals surface area contributed by atoms with Crippen LogP contribution in [0.2, 0.25) is 0 Å². The Morgan fingerprint density at radius 1 is 1.25 bits per heavy atom. The highest BCUT2D eigenvalue weighted by atomic mass is 32.3. The van der Waals surface area contributed by atoms with E-state index < -0.39 is 0 Å². The second-order valence-corrected chi connectivity index (χ2v) is 9.60. The molecule has 4 heterocycles. The van der Waals surface area contributed by atoms with Gasteiger partial charge in [0.25, 0.3) is 0 Å². The zero-order valence-electron chi connectivity index (χ0n) is 8.89.